The van der Waals surface area contributed by atoms with Gasteiger partial charge in [0.25, 0.3) is 0 Å². The van der Waals surface area contributed by atoms with Crippen LogP contribution < -0.4 is 5.32 Å². The van der Waals surface area contributed by atoms with Crippen LogP contribution in [-0.2, 0) is 19.2 Å². The van der Waals surface area contributed by atoms with E-state index in [2.05, 4.69) is 5.32 Å². The molecule has 4 unspecified atom stereocenters. The molecule has 146 valence electrons. The maximum Gasteiger partial charge on any atom is 0.231 e. The number of imide groups is 1. The predicted molar refractivity (Wildman–Crippen MR) is 103 cm³/mol. The summed E-state index contributed by atoms with van der Waals surface area (Å²) in [7, 11) is 0. The van der Waals surface area contributed by atoms with Crippen LogP contribution in [0.5, 0.6) is 5.75 Å². The molecule has 0 bridgehead atoms. The maximum absolute atomic E-state index is 13.1. The molecule has 5 rings (SSSR count). The van der Waals surface area contributed by atoms with Gasteiger partial charge >= 0.3 is 0 Å². The van der Waals surface area contributed by atoms with Crippen LogP contribution in [0, 0.1) is 17.8 Å². The van der Waals surface area contributed by atoms with E-state index in [1.54, 1.807) is 25.1 Å². The highest BCUT2D eigenvalue weighted by Gasteiger charge is 2.53. The van der Waals surface area contributed by atoms with Gasteiger partial charge < -0.3 is 5.11 Å². The molecule has 6 heteroatoms. The van der Waals surface area contributed by atoms with Crippen LogP contribution in [-0.4, -0.2) is 28.5 Å². The van der Waals surface area contributed by atoms with E-state index in [1.165, 1.54) is 6.08 Å². The number of Topliss-reactive ketones (excluding diaryl/α,β-unsaturated/α-hetero) is 1. The number of ketones is 2. The quantitative estimate of drug-likeness (QED) is 0.435. The van der Waals surface area contributed by atoms with E-state index in [9.17, 15) is 24.3 Å². The molecule has 0 spiro atoms. The third-order valence-corrected chi connectivity index (χ3v) is 6.61. The lowest BCUT2D eigenvalue weighted by atomic mass is 9.59. The molecule has 1 fully saturated rings. The van der Waals surface area contributed by atoms with Gasteiger partial charge in [-0.2, -0.15) is 0 Å². The number of phenols is 1. The molecule has 2 N–H and O–H groups in total. The highest BCUT2D eigenvalue weighted by molar-refractivity contribution is 6.23. The molecule has 2 amide bonds. The van der Waals surface area contributed by atoms with Gasteiger partial charge in [0.05, 0.1) is 11.8 Å². The Bertz CT molecular complexity index is 1110. The smallest absolute Gasteiger partial charge is 0.231 e. The average Bonchev–Trinajstić information content (AvgIpc) is 2.98. The third-order valence-electron chi connectivity index (χ3n) is 6.61. The van der Waals surface area contributed by atoms with Crippen LogP contribution >= 0.6 is 0 Å². The van der Waals surface area contributed by atoms with Crippen molar-refractivity contribution in [3.05, 3.63) is 64.3 Å². The number of hydrogen-bond donors (Lipinski definition) is 2. The second kappa shape index (κ2) is 6.11. The summed E-state index contributed by atoms with van der Waals surface area (Å²) in [5.74, 6) is -2.72. The normalized spacial score (nSPS) is 30.9. The van der Waals surface area contributed by atoms with Gasteiger partial charge in [0, 0.05) is 22.6 Å². The Labute approximate surface area is 167 Å². The minimum absolute atomic E-state index is 0.0664. The minimum Gasteiger partial charge on any atom is -0.508 e. The average molecular weight is 389 g/mol. The number of carbonyl (C=O) groups excluding carboxylic acids is 4. The summed E-state index contributed by atoms with van der Waals surface area (Å²) in [6.45, 7) is 1.63. The Morgan fingerprint density at radius 1 is 1.07 bits per heavy atom. The lowest BCUT2D eigenvalue weighted by molar-refractivity contribution is -0.126. The van der Waals surface area contributed by atoms with E-state index in [1.807, 2.05) is 12.1 Å². The van der Waals surface area contributed by atoms with Crippen molar-refractivity contribution < 1.29 is 24.3 Å². The molecule has 4 atom stereocenters. The molecule has 0 radical (unpaired) electrons. The van der Waals surface area contributed by atoms with Gasteiger partial charge in [-0.15, -0.1) is 0 Å². The molecule has 1 saturated heterocycles. The van der Waals surface area contributed by atoms with Gasteiger partial charge in [-0.1, -0.05) is 23.8 Å². The van der Waals surface area contributed by atoms with Crippen LogP contribution in [0.3, 0.4) is 0 Å². The second-order valence-electron chi connectivity index (χ2n) is 8.18. The van der Waals surface area contributed by atoms with Crippen LogP contribution in [0.15, 0.2) is 58.7 Å². The molecule has 6 nitrogen and oxygen atoms in total. The number of benzene rings is 1. The summed E-state index contributed by atoms with van der Waals surface area (Å²) in [5.41, 5.74) is 2.83. The maximum atomic E-state index is 13.1. The number of amides is 2. The number of nitrogens with one attached hydrogen (secondary N) is 1. The zero-order chi connectivity index (χ0) is 20.4. The van der Waals surface area contributed by atoms with E-state index < -0.39 is 17.8 Å². The summed E-state index contributed by atoms with van der Waals surface area (Å²) in [6.07, 6.45) is 4.00. The highest BCUT2D eigenvalue weighted by Crippen LogP contribution is 2.54. The van der Waals surface area contributed by atoms with Crippen LogP contribution in [0.1, 0.15) is 31.2 Å². The monoisotopic (exact) mass is 389 g/mol. The standard InChI is InChI=1S/C23H19NO5/c1-10-7-17(26)16-9-15-13(5-6-14-19(15)23(29)24-22(14)28)18(20(16)21(10)27)11-3-2-4-12(25)8-11/h2-5,7-8,14-15,18-19,25H,6,9H2,1H3,(H,24,28,29). The van der Waals surface area contributed by atoms with Crippen molar-refractivity contribution in [1.82, 2.24) is 5.32 Å². The van der Waals surface area contributed by atoms with Crippen molar-refractivity contribution in [3.63, 3.8) is 0 Å². The first-order valence-electron chi connectivity index (χ1n) is 9.70. The number of rotatable bonds is 1. The topological polar surface area (TPSA) is 101 Å². The summed E-state index contributed by atoms with van der Waals surface area (Å²) >= 11 is 0. The first-order chi connectivity index (χ1) is 13.9. The predicted octanol–water partition coefficient (Wildman–Crippen LogP) is 2.11. The molecule has 1 aliphatic heterocycles. The van der Waals surface area contributed by atoms with Crippen LogP contribution in [0.2, 0.25) is 0 Å². The van der Waals surface area contributed by atoms with E-state index >= 15 is 0 Å². The van der Waals surface area contributed by atoms with Gasteiger partial charge in [0.1, 0.15) is 5.75 Å². The van der Waals surface area contributed by atoms with Crippen molar-refractivity contribution in [2.24, 2.45) is 17.8 Å². The molecule has 4 aliphatic rings. The molecular formula is C23H19NO5. The lowest BCUT2D eigenvalue weighted by Crippen LogP contribution is -2.39. The number of phenolic OH excluding ortho intramolecular Hbond substituents is 1. The molecule has 3 aliphatic carbocycles. The van der Waals surface area contributed by atoms with Crippen LogP contribution in [0.25, 0.3) is 0 Å². The Morgan fingerprint density at radius 2 is 1.86 bits per heavy atom. The third kappa shape index (κ3) is 2.48. The molecule has 1 heterocycles. The lowest BCUT2D eigenvalue weighted by Gasteiger charge is -2.42. The van der Waals surface area contributed by atoms with E-state index in [0.29, 0.717) is 28.7 Å². The number of hydrogen-bond acceptors (Lipinski definition) is 5. The van der Waals surface area contributed by atoms with E-state index in [0.717, 1.165) is 5.57 Å². The van der Waals surface area contributed by atoms with Crippen LogP contribution in [0.4, 0.5) is 0 Å². The van der Waals surface area contributed by atoms with Gasteiger partial charge in [-0.3, -0.25) is 24.5 Å². The summed E-state index contributed by atoms with van der Waals surface area (Å²) < 4.78 is 0. The van der Waals surface area contributed by atoms with Crippen molar-refractivity contribution in [3.8, 4) is 5.75 Å². The largest absolute Gasteiger partial charge is 0.508 e. The van der Waals surface area contributed by atoms with Crippen molar-refractivity contribution in [2.45, 2.75) is 25.7 Å². The van der Waals surface area contributed by atoms with Gasteiger partial charge in [0.2, 0.25) is 11.8 Å². The SMILES string of the molecule is CC1=CC(=O)C2=C(C1=O)C(c1cccc(O)c1)C1=CCC3C(=O)NC(=O)C3C1C2. The summed E-state index contributed by atoms with van der Waals surface area (Å²) in [4.78, 5) is 50.7. The Morgan fingerprint density at radius 3 is 2.62 bits per heavy atom. The van der Waals surface area contributed by atoms with Crippen molar-refractivity contribution in [2.75, 3.05) is 0 Å². The van der Waals surface area contributed by atoms with Gasteiger partial charge in [-0.05, 0) is 49.5 Å². The van der Waals surface area contributed by atoms with Gasteiger partial charge in [-0.25, -0.2) is 0 Å². The van der Waals surface area contributed by atoms with Gasteiger partial charge in [0.15, 0.2) is 11.6 Å². The first kappa shape index (κ1) is 17.8. The Hall–Kier alpha value is -3.28. The molecular weight excluding hydrogens is 370 g/mol. The summed E-state index contributed by atoms with van der Waals surface area (Å²) in [5, 5.41) is 12.4. The van der Waals surface area contributed by atoms with E-state index in [4.69, 9.17) is 0 Å². The Balaban J connectivity index is 1.73. The number of allylic oxidation sites excluding steroid dienone is 6. The zero-order valence-electron chi connectivity index (χ0n) is 15.8. The minimum atomic E-state index is -0.536. The fraction of sp³-hybridized carbons (Fsp3) is 0.304. The molecule has 0 saturated carbocycles. The number of carbonyl (C=O) groups is 4. The zero-order valence-corrected chi connectivity index (χ0v) is 15.8. The fourth-order valence-electron chi connectivity index (χ4n) is 5.36. The molecule has 0 aromatic heterocycles. The second-order valence-corrected chi connectivity index (χ2v) is 8.18. The molecule has 1 aromatic carbocycles. The Kier molecular flexibility index (Phi) is 3.75. The number of aromatic hydroxyl groups is 1. The summed E-state index contributed by atoms with van der Waals surface area (Å²) in [6, 6.07) is 6.66. The molecule has 29 heavy (non-hydrogen) atoms. The fourth-order valence-corrected chi connectivity index (χ4v) is 5.36. The molecule has 1 aromatic rings. The van der Waals surface area contributed by atoms with E-state index in [-0.39, 0.29) is 41.5 Å². The van der Waals surface area contributed by atoms with Crippen molar-refractivity contribution in [1.29, 1.82) is 0 Å². The first-order valence-corrected chi connectivity index (χ1v) is 9.70. The highest BCUT2D eigenvalue weighted by atomic mass is 16.3. The number of fused-ring (bicyclic) bond motifs is 3. The van der Waals surface area contributed by atoms with Crippen molar-refractivity contribution >= 4 is 23.4 Å².